The van der Waals surface area contributed by atoms with Crippen LogP contribution in [0.15, 0.2) is 12.7 Å². The van der Waals surface area contributed by atoms with Crippen molar-refractivity contribution >= 4 is 59.1 Å². The third-order valence-corrected chi connectivity index (χ3v) is 10.2. The van der Waals surface area contributed by atoms with Gasteiger partial charge in [-0.15, -0.1) is 6.58 Å². The Hall–Kier alpha value is -5.36. The zero-order valence-corrected chi connectivity index (χ0v) is 33.9. The molecular weight excluding hydrogens is 758 g/mol. The zero-order valence-electron chi connectivity index (χ0n) is 33.9. The lowest BCUT2D eigenvalue weighted by atomic mass is 9.83. The lowest BCUT2D eigenvalue weighted by Gasteiger charge is -2.36. The minimum absolute atomic E-state index is 0.0658. The molecule has 1 saturated heterocycles. The highest BCUT2D eigenvalue weighted by Gasteiger charge is 2.43. The molecule has 58 heavy (non-hydrogen) atoms. The maximum absolute atomic E-state index is 14.4. The van der Waals surface area contributed by atoms with E-state index in [-0.39, 0.29) is 38.3 Å². The van der Waals surface area contributed by atoms with E-state index in [1.54, 1.807) is 20.8 Å². The van der Waals surface area contributed by atoms with Crippen molar-refractivity contribution in [1.29, 1.82) is 0 Å². The van der Waals surface area contributed by atoms with Gasteiger partial charge in [-0.1, -0.05) is 52.5 Å². The van der Waals surface area contributed by atoms with Crippen molar-refractivity contribution in [3.05, 3.63) is 12.7 Å². The molecule has 2 fully saturated rings. The van der Waals surface area contributed by atoms with E-state index in [1.807, 2.05) is 0 Å². The molecule has 6 unspecified atom stereocenters. The predicted octanol–water partition coefficient (Wildman–Crippen LogP) is 0.0586. The van der Waals surface area contributed by atoms with Crippen LogP contribution in [0.5, 0.6) is 0 Å². The summed E-state index contributed by atoms with van der Waals surface area (Å²) in [7, 11) is 0. The van der Waals surface area contributed by atoms with Crippen molar-refractivity contribution in [3.8, 4) is 0 Å². The third kappa shape index (κ3) is 15.5. The van der Waals surface area contributed by atoms with Crippen LogP contribution in [0.3, 0.4) is 0 Å². The van der Waals surface area contributed by atoms with Gasteiger partial charge in [0, 0.05) is 32.9 Å². The number of carboxylic acid groups (broad SMARTS) is 2. The fourth-order valence-electron chi connectivity index (χ4n) is 7.19. The van der Waals surface area contributed by atoms with Crippen LogP contribution >= 0.6 is 0 Å². The van der Waals surface area contributed by atoms with E-state index >= 15 is 0 Å². The van der Waals surface area contributed by atoms with Gasteiger partial charge in [0.15, 0.2) is 0 Å². The highest BCUT2D eigenvalue weighted by molar-refractivity contribution is 6.38. The summed E-state index contributed by atoms with van der Waals surface area (Å²) in [4.78, 5) is 130. The fraction of sp³-hybridized carbons (Fsp3) is 0.692. The Balaban J connectivity index is 2.34. The summed E-state index contributed by atoms with van der Waals surface area (Å²) in [5.41, 5.74) is 0. The molecule has 1 aliphatic carbocycles. The van der Waals surface area contributed by atoms with E-state index < -0.39 is 121 Å². The minimum Gasteiger partial charge on any atom is -0.481 e. The van der Waals surface area contributed by atoms with Gasteiger partial charge in [-0.3, -0.25) is 47.9 Å². The maximum Gasteiger partial charge on any atom is 0.303 e. The Morgan fingerprint density at radius 2 is 1.31 bits per heavy atom. The Labute approximate surface area is 338 Å². The molecule has 2 aliphatic rings. The number of nitrogens with zero attached hydrogens (tertiary/aromatic N) is 1. The highest BCUT2D eigenvalue weighted by atomic mass is 16.4. The first-order valence-corrected chi connectivity index (χ1v) is 20.1. The Bertz CT molecular complexity index is 1530. The molecule has 0 aromatic heterocycles. The molecule has 0 radical (unpaired) electrons. The second-order valence-corrected chi connectivity index (χ2v) is 15.2. The van der Waals surface area contributed by atoms with E-state index in [4.69, 9.17) is 5.11 Å². The van der Waals surface area contributed by atoms with Gasteiger partial charge in [-0.25, -0.2) is 0 Å². The summed E-state index contributed by atoms with van der Waals surface area (Å²) in [5, 5.41) is 33.7. The molecule has 6 atom stereocenters. The van der Waals surface area contributed by atoms with Crippen molar-refractivity contribution in [1.82, 2.24) is 36.8 Å². The van der Waals surface area contributed by atoms with Crippen molar-refractivity contribution in [2.75, 3.05) is 13.1 Å². The van der Waals surface area contributed by atoms with Crippen LogP contribution in [-0.2, 0) is 47.9 Å². The largest absolute Gasteiger partial charge is 0.481 e. The molecular formula is C39H61N7O12. The van der Waals surface area contributed by atoms with Gasteiger partial charge >= 0.3 is 11.9 Å². The molecule has 1 saturated carbocycles. The Morgan fingerprint density at radius 1 is 0.724 bits per heavy atom. The predicted molar refractivity (Wildman–Crippen MR) is 208 cm³/mol. The molecule has 2 rings (SSSR count). The highest BCUT2D eigenvalue weighted by Crippen LogP contribution is 2.30. The van der Waals surface area contributed by atoms with Gasteiger partial charge < -0.3 is 47.0 Å². The van der Waals surface area contributed by atoms with E-state index in [9.17, 15) is 53.1 Å². The average Bonchev–Trinajstić information content (AvgIpc) is 3.67. The van der Waals surface area contributed by atoms with Crippen LogP contribution in [0.25, 0.3) is 0 Å². The third-order valence-electron chi connectivity index (χ3n) is 10.2. The van der Waals surface area contributed by atoms with Crippen LogP contribution in [0.4, 0.5) is 0 Å². The van der Waals surface area contributed by atoms with Gasteiger partial charge in [0.2, 0.25) is 41.2 Å². The number of hydrogen-bond acceptors (Lipinski definition) is 10. The lowest BCUT2D eigenvalue weighted by molar-refractivity contribution is -0.145. The summed E-state index contributed by atoms with van der Waals surface area (Å²) < 4.78 is 0. The Morgan fingerprint density at radius 3 is 1.84 bits per heavy atom. The van der Waals surface area contributed by atoms with Gasteiger partial charge in [0.25, 0.3) is 5.91 Å². The van der Waals surface area contributed by atoms with Crippen molar-refractivity contribution < 1.29 is 58.2 Å². The number of rotatable bonds is 24. The standard InChI is InChI=1S/C39H61N7O12/c1-6-12-25(33(52)38(57)40-20-7-2)42-36(55)28-15-11-21-46(28)39(58)32(24-13-9-8-10-14-24)45-37(56)31(22(3)4)44-35(54)27(17-19-30(50)51)43-34(53)26(41-23(5)47)16-18-29(48)49/h7,22,24-28,31-32H,2,6,8-21H2,1,3-5H3,(H,40,57)(H,41,47)(H,42,55)(H,43,53)(H,44,54)(H,45,56)(H,48,49)(H,50,51). The van der Waals surface area contributed by atoms with Crippen LogP contribution in [0.1, 0.15) is 111 Å². The van der Waals surface area contributed by atoms with Crippen LogP contribution in [-0.4, -0.2) is 124 Å². The molecule has 7 amide bonds. The number of nitrogens with one attached hydrogen (secondary N) is 6. The molecule has 0 aromatic carbocycles. The molecule has 19 heteroatoms. The second kappa shape index (κ2) is 24.4. The van der Waals surface area contributed by atoms with Gasteiger partial charge in [0.05, 0.1) is 6.04 Å². The maximum atomic E-state index is 14.4. The first kappa shape index (κ1) is 48.8. The second-order valence-electron chi connectivity index (χ2n) is 15.2. The van der Waals surface area contributed by atoms with Crippen molar-refractivity contribution in [2.45, 2.75) is 147 Å². The molecule has 1 aliphatic heterocycles. The minimum atomic E-state index is -1.50. The van der Waals surface area contributed by atoms with E-state index in [1.165, 1.54) is 11.0 Å². The molecule has 0 aromatic rings. The smallest absolute Gasteiger partial charge is 0.303 e. The van der Waals surface area contributed by atoms with Crippen LogP contribution in [0.2, 0.25) is 0 Å². The number of Topliss-reactive ketones (excluding diaryl/α,β-unsaturated/α-hetero) is 1. The van der Waals surface area contributed by atoms with E-state index in [0.29, 0.717) is 25.7 Å². The summed E-state index contributed by atoms with van der Waals surface area (Å²) in [6, 6.07) is -7.32. The van der Waals surface area contributed by atoms with Crippen LogP contribution in [0, 0.1) is 11.8 Å². The number of carbonyl (C=O) groups is 10. The molecule has 0 spiro atoms. The number of carboxylic acids is 2. The SMILES string of the molecule is C=CCNC(=O)C(=O)C(CCC)NC(=O)C1CCCN1C(=O)C(NC(=O)C(NC(=O)C(CCC(=O)O)NC(=O)C(CCC(=O)O)NC(C)=O)C(C)C)C1CCCCC1. The first-order chi connectivity index (χ1) is 27.4. The number of aliphatic carboxylic acids is 2. The average molecular weight is 820 g/mol. The van der Waals surface area contributed by atoms with Gasteiger partial charge in [0.1, 0.15) is 30.2 Å². The van der Waals surface area contributed by atoms with E-state index in [0.717, 1.165) is 26.2 Å². The normalized spacial score (nSPS) is 18.0. The number of hydrogen-bond donors (Lipinski definition) is 8. The summed E-state index contributed by atoms with van der Waals surface area (Å²) >= 11 is 0. The molecule has 8 N–H and O–H groups in total. The number of carbonyl (C=O) groups excluding carboxylic acids is 8. The Kier molecular flexibility index (Phi) is 20.5. The van der Waals surface area contributed by atoms with Gasteiger partial charge in [-0.2, -0.15) is 0 Å². The van der Waals surface area contributed by atoms with Crippen molar-refractivity contribution in [2.24, 2.45) is 11.8 Å². The zero-order chi connectivity index (χ0) is 43.5. The number of likely N-dealkylation sites (tertiary alicyclic amines) is 1. The summed E-state index contributed by atoms with van der Waals surface area (Å²) in [6.07, 6.45) is 4.81. The van der Waals surface area contributed by atoms with Gasteiger partial charge in [-0.05, 0) is 56.8 Å². The topological polar surface area (TPSA) is 287 Å². The molecule has 1 heterocycles. The van der Waals surface area contributed by atoms with Crippen molar-refractivity contribution in [3.63, 3.8) is 0 Å². The van der Waals surface area contributed by atoms with E-state index in [2.05, 4.69) is 38.5 Å². The summed E-state index contributed by atoms with van der Waals surface area (Å²) in [5.74, 6) is -9.42. The first-order valence-electron chi connectivity index (χ1n) is 20.1. The molecule has 19 nitrogen and oxygen atoms in total. The number of amides is 7. The summed E-state index contributed by atoms with van der Waals surface area (Å²) in [6.45, 7) is 9.96. The number of ketones is 1. The lowest BCUT2D eigenvalue weighted by Crippen LogP contribution is -2.61. The molecule has 0 bridgehead atoms. The quantitative estimate of drug-likeness (QED) is 0.0474. The molecule has 324 valence electrons. The van der Waals surface area contributed by atoms with Crippen LogP contribution < -0.4 is 31.9 Å². The monoisotopic (exact) mass is 819 g/mol. The fourth-order valence-corrected chi connectivity index (χ4v) is 7.19.